The predicted octanol–water partition coefficient (Wildman–Crippen LogP) is 3.72. The third kappa shape index (κ3) is 4.04. The van der Waals surface area contributed by atoms with Gasteiger partial charge < -0.3 is 18.8 Å². The smallest absolute Gasteiger partial charge is 0.207 e. The van der Waals surface area contributed by atoms with Crippen molar-refractivity contribution in [2.75, 3.05) is 31.2 Å². The summed E-state index contributed by atoms with van der Waals surface area (Å²) in [4.78, 5) is 14.6. The van der Waals surface area contributed by atoms with Crippen LogP contribution in [0.4, 0.5) is 5.88 Å². The van der Waals surface area contributed by atoms with Gasteiger partial charge in [0.1, 0.15) is 12.4 Å². The van der Waals surface area contributed by atoms with Crippen LogP contribution in [-0.4, -0.2) is 26.3 Å². The van der Waals surface area contributed by atoms with Gasteiger partial charge in [0.05, 0.1) is 25.0 Å². The van der Waals surface area contributed by atoms with Crippen molar-refractivity contribution in [2.24, 2.45) is 0 Å². The normalized spacial score (nSPS) is 14.1. The van der Waals surface area contributed by atoms with Crippen LogP contribution >= 0.6 is 0 Å². The maximum Gasteiger partial charge on any atom is 0.207 e. The Morgan fingerprint density at radius 1 is 0.926 bits per heavy atom. The fourth-order valence-electron chi connectivity index (χ4n) is 3.13. The molecule has 138 valence electrons. The topological polar surface area (TPSA) is 51.9 Å². The van der Waals surface area contributed by atoms with Crippen molar-refractivity contribution in [3.05, 3.63) is 82.7 Å². The molecule has 0 amide bonds. The molecule has 1 aromatic heterocycles. The lowest BCUT2D eigenvalue weighted by molar-refractivity contribution is 0.120. The van der Waals surface area contributed by atoms with E-state index in [-0.39, 0.29) is 5.43 Å². The van der Waals surface area contributed by atoms with Crippen molar-refractivity contribution in [1.29, 1.82) is 0 Å². The second-order valence-electron chi connectivity index (χ2n) is 6.36. The van der Waals surface area contributed by atoms with Crippen LogP contribution in [0.2, 0.25) is 0 Å². The van der Waals surface area contributed by atoms with Crippen molar-refractivity contribution in [2.45, 2.75) is 6.61 Å². The van der Waals surface area contributed by atoms with Crippen LogP contribution in [0.5, 0.6) is 5.75 Å². The zero-order valence-electron chi connectivity index (χ0n) is 15.0. The Balaban J connectivity index is 1.56. The number of anilines is 1. The van der Waals surface area contributed by atoms with E-state index >= 15 is 0 Å². The van der Waals surface area contributed by atoms with Gasteiger partial charge in [-0.05, 0) is 23.3 Å². The first-order valence-electron chi connectivity index (χ1n) is 9.03. The number of morpholine rings is 1. The molecule has 0 spiro atoms. The van der Waals surface area contributed by atoms with E-state index in [0.29, 0.717) is 44.4 Å². The van der Waals surface area contributed by atoms with Crippen molar-refractivity contribution in [1.82, 2.24) is 0 Å². The van der Waals surface area contributed by atoms with Gasteiger partial charge in [0, 0.05) is 19.2 Å². The molecule has 0 unspecified atom stereocenters. The highest BCUT2D eigenvalue weighted by molar-refractivity contribution is 5.74. The zero-order valence-corrected chi connectivity index (χ0v) is 15.0. The lowest BCUT2D eigenvalue weighted by atomic mass is 10.1. The number of hydrogen-bond acceptors (Lipinski definition) is 5. The van der Waals surface area contributed by atoms with Crippen molar-refractivity contribution in [3.8, 4) is 16.9 Å². The second kappa shape index (κ2) is 8.10. The van der Waals surface area contributed by atoms with Gasteiger partial charge in [0.25, 0.3) is 0 Å². The molecule has 1 aliphatic rings. The van der Waals surface area contributed by atoms with Gasteiger partial charge in [-0.15, -0.1) is 0 Å². The summed E-state index contributed by atoms with van der Waals surface area (Å²) >= 11 is 0. The van der Waals surface area contributed by atoms with Crippen LogP contribution in [-0.2, 0) is 11.3 Å². The lowest BCUT2D eigenvalue weighted by Gasteiger charge is -2.28. The quantitative estimate of drug-likeness (QED) is 0.691. The fraction of sp³-hybridized carbons (Fsp3) is 0.227. The number of rotatable bonds is 5. The number of nitrogens with zero attached hydrogens (tertiary/aromatic N) is 1. The average Bonchev–Trinajstić information content (AvgIpc) is 2.74. The number of hydrogen-bond donors (Lipinski definition) is 0. The summed E-state index contributed by atoms with van der Waals surface area (Å²) in [6.07, 6.45) is 1.45. The van der Waals surface area contributed by atoms with E-state index in [1.807, 2.05) is 54.6 Å². The van der Waals surface area contributed by atoms with E-state index in [1.54, 1.807) is 0 Å². The lowest BCUT2D eigenvalue weighted by Crippen LogP contribution is -2.37. The summed E-state index contributed by atoms with van der Waals surface area (Å²) in [6.45, 7) is 3.18. The molecule has 0 saturated carbocycles. The average molecular weight is 363 g/mol. The first-order valence-corrected chi connectivity index (χ1v) is 9.03. The van der Waals surface area contributed by atoms with E-state index in [4.69, 9.17) is 13.9 Å². The van der Waals surface area contributed by atoms with Crippen LogP contribution in [0.25, 0.3) is 11.1 Å². The fourth-order valence-corrected chi connectivity index (χ4v) is 3.13. The Labute approximate surface area is 157 Å². The molecule has 5 nitrogen and oxygen atoms in total. The maximum atomic E-state index is 12.5. The minimum atomic E-state index is -0.0549. The van der Waals surface area contributed by atoms with Crippen LogP contribution in [0.1, 0.15) is 5.56 Å². The molecule has 1 saturated heterocycles. The van der Waals surface area contributed by atoms with Gasteiger partial charge in [-0.2, -0.15) is 0 Å². The van der Waals surface area contributed by atoms with Crippen LogP contribution in [0.15, 0.2) is 76.1 Å². The highest BCUT2D eigenvalue weighted by Gasteiger charge is 2.20. The molecular weight excluding hydrogens is 342 g/mol. The molecule has 3 aromatic rings. The maximum absolute atomic E-state index is 12.5. The molecule has 1 fully saturated rings. The molecule has 1 aliphatic heterocycles. The molecule has 0 atom stereocenters. The standard InChI is InChI=1S/C22H21NO4/c24-20-10-13-26-22(23-11-14-25-15-12-23)21(20)18-6-8-19(9-7-18)27-16-17-4-2-1-3-5-17/h1-10,13H,11-12,14-16H2. The zero-order chi connectivity index (χ0) is 18.5. The summed E-state index contributed by atoms with van der Waals surface area (Å²) in [6, 6.07) is 19.0. The van der Waals surface area contributed by atoms with Crippen LogP contribution < -0.4 is 15.1 Å². The number of ether oxygens (including phenoxy) is 2. The molecular formula is C22H21NO4. The van der Waals surface area contributed by atoms with Gasteiger partial charge in [-0.25, -0.2) is 0 Å². The Hall–Kier alpha value is -3.05. The highest BCUT2D eigenvalue weighted by atomic mass is 16.5. The molecule has 2 heterocycles. The van der Waals surface area contributed by atoms with E-state index in [9.17, 15) is 4.79 Å². The molecule has 0 bridgehead atoms. The Morgan fingerprint density at radius 2 is 1.67 bits per heavy atom. The summed E-state index contributed by atoms with van der Waals surface area (Å²) < 4.78 is 16.9. The Kier molecular flexibility index (Phi) is 5.21. The van der Waals surface area contributed by atoms with E-state index < -0.39 is 0 Å². The molecule has 0 aliphatic carbocycles. The predicted molar refractivity (Wildman–Crippen MR) is 104 cm³/mol. The summed E-state index contributed by atoms with van der Waals surface area (Å²) in [5.74, 6) is 1.36. The van der Waals surface area contributed by atoms with Gasteiger partial charge in [0.15, 0.2) is 5.43 Å². The molecule has 27 heavy (non-hydrogen) atoms. The van der Waals surface area contributed by atoms with Gasteiger partial charge in [0.2, 0.25) is 5.88 Å². The van der Waals surface area contributed by atoms with Crippen molar-refractivity contribution < 1.29 is 13.9 Å². The minimum absolute atomic E-state index is 0.0549. The highest BCUT2D eigenvalue weighted by Crippen LogP contribution is 2.29. The Morgan fingerprint density at radius 3 is 2.41 bits per heavy atom. The monoisotopic (exact) mass is 363 g/mol. The first kappa shape index (κ1) is 17.4. The largest absolute Gasteiger partial charge is 0.489 e. The van der Waals surface area contributed by atoms with Crippen molar-refractivity contribution >= 4 is 5.88 Å². The summed E-state index contributed by atoms with van der Waals surface area (Å²) in [5.41, 5.74) is 2.45. The van der Waals surface area contributed by atoms with Crippen LogP contribution in [0, 0.1) is 0 Å². The summed E-state index contributed by atoms with van der Waals surface area (Å²) in [5, 5.41) is 0. The SMILES string of the molecule is O=c1ccoc(N2CCOCC2)c1-c1ccc(OCc2ccccc2)cc1. The number of benzene rings is 2. The third-order valence-electron chi connectivity index (χ3n) is 4.55. The molecule has 4 rings (SSSR count). The minimum Gasteiger partial charge on any atom is -0.489 e. The van der Waals surface area contributed by atoms with E-state index in [1.165, 1.54) is 12.3 Å². The molecule has 5 heteroatoms. The van der Waals surface area contributed by atoms with E-state index in [2.05, 4.69) is 4.90 Å². The summed E-state index contributed by atoms with van der Waals surface area (Å²) in [7, 11) is 0. The first-order chi connectivity index (χ1) is 13.3. The Bertz CT molecular complexity index is 929. The van der Waals surface area contributed by atoms with Crippen LogP contribution in [0.3, 0.4) is 0 Å². The molecule has 0 radical (unpaired) electrons. The third-order valence-corrected chi connectivity index (χ3v) is 4.55. The van der Waals surface area contributed by atoms with Crippen molar-refractivity contribution in [3.63, 3.8) is 0 Å². The van der Waals surface area contributed by atoms with Gasteiger partial charge in [-0.1, -0.05) is 42.5 Å². The van der Waals surface area contributed by atoms with Gasteiger partial charge in [-0.3, -0.25) is 4.79 Å². The van der Waals surface area contributed by atoms with E-state index in [0.717, 1.165) is 16.9 Å². The van der Waals surface area contributed by atoms with Gasteiger partial charge >= 0.3 is 0 Å². The second-order valence-corrected chi connectivity index (χ2v) is 6.36. The molecule has 2 aromatic carbocycles. The molecule has 0 N–H and O–H groups in total.